The molecule has 6 heteroatoms. The summed E-state index contributed by atoms with van der Waals surface area (Å²) < 4.78 is 3.86. The minimum absolute atomic E-state index is 0.812. The molecule has 0 saturated carbocycles. The van der Waals surface area contributed by atoms with Gasteiger partial charge in [0.25, 0.3) is 0 Å². The number of halogens is 1. The van der Waals surface area contributed by atoms with E-state index in [0.29, 0.717) is 0 Å². The summed E-state index contributed by atoms with van der Waals surface area (Å²) in [6, 6.07) is 7.97. The summed E-state index contributed by atoms with van der Waals surface area (Å²) in [5, 5.41) is 8.48. The van der Waals surface area contributed by atoms with E-state index in [1.807, 2.05) is 74.0 Å². The minimum Gasteiger partial charge on any atom is -0.378 e. The highest BCUT2D eigenvalue weighted by molar-refractivity contribution is 6.15. The first-order valence-electron chi connectivity index (χ1n) is 6.16. The highest BCUT2D eigenvalue weighted by atomic mass is 35.5. The van der Waals surface area contributed by atoms with Crippen LogP contribution in [0.3, 0.4) is 0 Å². The van der Waals surface area contributed by atoms with Crippen molar-refractivity contribution in [2.24, 2.45) is 24.3 Å². The van der Waals surface area contributed by atoms with E-state index in [-0.39, 0.29) is 0 Å². The SMILES string of the molecule is CCl.CN(C)c1ccc(N=Nc2n(C)cc[n+]2C)cc1. The van der Waals surface area contributed by atoms with Crippen LogP contribution in [0.2, 0.25) is 0 Å². The molecule has 0 N–H and O–H groups in total. The predicted molar refractivity (Wildman–Crippen MR) is 83.3 cm³/mol. The molecule has 0 amide bonds. The Kier molecular flexibility index (Phi) is 6.18. The summed E-state index contributed by atoms with van der Waals surface area (Å²) in [5.41, 5.74) is 2.00. The van der Waals surface area contributed by atoms with Crippen molar-refractivity contribution < 1.29 is 4.57 Å². The van der Waals surface area contributed by atoms with E-state index < -0.39 is 0 Å². The van der Waals surface area contributed by atoms with Crippen molar-refractivity contribution in [2.45, 2.75) is 0 Å². The van der Waals surface area contributed by atoms with Gasteiger partial charge in [-0.2, -0.15) is 0 Å². The number of alkyl halides is 1. The van der Waals surface area contributed by atoms with Gasteiger partial charge in [0.05, 0.1) is 26.5 Å². The monoisotopic (exact) mass is 294 g/mol. The number of benzene rings is 1. The van der Waals surface area contributed by atoms with Crippen LogP contribution in [0.25, 0.3) is 0 Å². The Bertz CT molecular complexity index is 538. The molecule has 0 unspecified atom stereocenters. The lowest BCUT2D eigenvalue weighted by atomic mass is 10.3. The van der Waals surface area contributed by atoms with Crippen LogP contribution in [-0.2, 0) is 14.1 Å². The zero-order chi connectivity index (χ0) is 15.1. The van der Waals surface area contributed by atoms with Gasteiger partial charge in [-0.25, -0.2) is 9.13 Å². The van der Waals surface area contributed by atoms with Gasteiger partial charge < -0.3 is 4.90 Å². The van der Waals surface area contributed by atoms with Gasteiger partial charge in [-0.3, -0.25) is 0 Å². The van der Waals surface area contributed by atoms with Crippen LogP contribution in [0, 0.1) is 0 Å². The summed E-state index contributed by atoms with van der Waals surface area (Å²) in [6.45, 7) is 0. The second-order valence-corrected chi connectivity index (χ2v) is 4.43. The summed E-state index contributed by atoms with van der Waals surface area (Å²) in [4.78, 5) is 2.05. The molecule has 0 spiro atoms. The zero-order valence-electron chi connectivity index (χ0n) is 12.6. The van der Waals surface area contributed by atoms with Crippen LogP contribution < -0.4 is 9.47 Å². The summed E-state index contributed by atoms with van der Waals surface area (Å²) in [6.07, 6.45) is 5.37. The molecule has 2 rings (SSSR count). The number of rotatable bonds is 3. The normalized spacial score (nSPS) is 10.3. The van der Waals surface area contributed by atoms with Crippen molar-refractivity contribution in [1.82, 2.24) is 4.57 Å². The third-order valence-corrected chi connectivity index (χ3v) is 2.77. The number of aromatic nitrogens is 2. The Morgan fingerprint density at radius 3 is 2.15 bits per heavy atom. The third-order valence-electron chi connectivity index (χ3n) is 2.77. The van der Waals surface area contributed by atoms with Gasteiger partial charge in [-0.15, -0.1) is 11.6 Å². The van der Waals surface area contributed by atoms with Crippen molar-refractivity contribution in [1.29, 1.82) is 0 Å². The third kappa shape index (κ3) is 4.06. The zero-order valence-corrected chi connectivity index (χ0v) is 13.3. The van der Waals surface area contributed by atoms with E-state index in [0.717, 1.165) is 17.3 Å². The fourth-order valence-corrected chi connectivity index (χ4v) is 1.64. The van der Waals surface area contributed by atoms with E-state index in [1.54, 1.807) is 0 Å². The first kappa shape index (κ1) is 16.2. The van der Waals surface area contributed by atoms with Gasteiger partial charge in [-0.05, 0) is 24.3 Å². The quantitative estimate of drug-likeness (QED) is 0.486. The maximum atomic E-state index is 4.64. The van der Waals surface area contributed by atoms with Crippen molar-refractivity contribution in [3.8, 4) is 0 Å². The minimum atomic E-state index is 0.812. The molecule has 0 aliphatic carbocycles. The van der Waals surface area contributed by atoms with Crippen LogP contribution in [-0.4, -0.2) is 25.0 Å². The lowest BCUT2D eigenvalue weighted by Gasteiger charge is -2.11. The van der Waals surface area contributed by atoms with Crippen molar-refractivity contribution in [3.63, 3.8) is 0 Å². The smallest absolute Gasteiger partial charge is 0.378 e. The van der Waals surface area contributed by atoms with Crippen molar-refractivity contribution >= 4 is 28.9 Å². The molecule has 108 valence electrons. The lowest BCUT2D eigenvalue weighted by Crippen LogP contribution is -2.25. The average molecular weight is 295 g/mol. The molecular weight excluding hydrogens is 274 g/mol. The number of hydrogen-bond donors (Lipinski definition) is 0. The fraction of sp³-hybridized carbons (Fsp3) is 0.357. The molecule has 0 aliphatic rings. The summed E-state index contributed by atoms with van der Waals surface area (Å²) in [5.74, 6) is 0.812. The fourth-order valence-electron chi connectivity index (χ4n) is 1.64. The van der Waals surface area contributed by atoms with Gasteiger partial charge in [0.2, 0.25) is 0 Å². The molecule has 2 aromatic rings. The Hall–Kier alpha value is -1.88. The van der Waals surface area contributed by atoms with E-state index in [2.05, 4.69) is 26.7 Å². The Morgan fingerprint density at radius 1 is 1.10 bits per heavy atom. The second-order valence-electron chi connectivity index (χ2n) is 4.43. The Morgan fingerprint density at radius 2 is 1.70 bits per heavy atom. The lowest BCUT2D eigenvalue weighted by molar-refractivity contribution is -0.657. The van der Waals surface area contributed by atoms with E-state index in [1.165, 1.54) is 6.38 Å². The highest BCUT2D eigenvalue weighted by Crippen LogP contribution is 2.19. The van der Waals surface area contributed by atoms with Crippen molar-refractivity contribution in [2.75, 3.05) is 25.4 Å². The Balaban J connectivity index is 0.000000956. The molecule has 1 heterocycles. The summed E-state index contributed by atoms with van der Waals surface area (Å²) >= 11 is 4.64. The maximum Gasteiger partial charge on any atom is 0.421 e. The molecule has 0 saturated heterocycles. The average Bonchev–Trinajstić information content (AvgIpc) is 2.78. The van der Waals surface area contributed by atoms with Gasteiger partial charge in [0.1, 0.15) is 5.69 Å². The highest BCUT2D eigenvalue weighted by Gasteiger charge is 2.10. The first-order valence-corrected chi connectivity index (χ1v) is 6.91. The van der Waals surface area contributed by atoms with E-state index in [4.69, 9.17) is 0 Å². The number of imidazole rings is 1. The molecule has 1 aromatic carbocycles. The number of anilines is 1. The van der Waals surface area contributed by atoms with Crippen LogP contribution >= 0.6 is 11.6 Å². The molecule has 0 atom stereocenters. The largest absolute Gasteiger partial charge is 0.421 e. The predicted octanol–water partition coefficient (Wildman–Crippen LogP) is 3.19. The topological polar surface area (TPSA) is 36.8 Å². The molecule has 5 nitrogen and oxygen atoms in total. The van der Waals surface area contributed by atoms with Gasteiger partial charge in [-0.1, -0.05) is 5.11 Å². The van der Waals surface area contributed by atoms with E-state index >= 15 is 0 Å². The standard InChI is InChI=1S/C13H18N5.CH3Cl/c1-16(2)12-7-5-11(6-8-12)14-15-13-17(3)9-10-18(13)4;1-2/h5-10H,1-4H3;1H3/q+1;. The molecule has 1 aromatic heterocycles. The first-order chi connectivity index (χ1) is 9.58. The Labute approximate surface area is 125 Å². The van der Waals surface area contributed by atoms with Gasteiger partial charge in [0.15, 0.2) is 0 Å². The molecule has 0 radical (unpaired) electrons. The second kappa shape index (κ2) is 7.65. The van der Waals surface area contributed by atoms with Gasteiger partial charge in [0, 0.05) is 31.3 Å². The molecule has 20 heavy (non-hydrogen) atoms. The molecule has 0 fully saturated rings. The number of nitrogens with zero attached hydrogens (tertiary/aromatic N) is 5. The molecule has 0 bridgehead atoms. The molecule has 0 aliphatic heterocycles. The van der Waals surface area contributed by atoms with E-state index in [9.17, 15) is 0 Å². The van der Waals surface area contributed by atoms with Crippen molar-refractivity contribution in [3.05, 3.63) is 36.7 Å². The molecular formula is C14H21ClN5+. The van der Waals surface area contributed by atoms with Gasteiger partial charge >= 0.3 is 5.95 Å². The number of azo groups is 1. The maximum absolute atomic E-state index is 4.64. The summed E-state index contributed by atoms with van der Waals surface area (Å²) in [7, 11) is 7.92. The van der Waals surface area contributed by atoms with Crippen LogP contribution in [0.15, 0.2) is 46.9 Å². The van der Waals surface area contributed by atoms with Crippen LogP contribution in [0.4, 0.5) is 17.3 Å². The number of aryl methyl sites for hydroxylation is 2. The number of hydrogen-bond acceptors (Lipinski definition) is 3. The van der Waals surface area contributed by atoms with Crippen LogP contribution in [0.5, 0.6) is 0 Å². The van der Waals surface area contributed by atoms with Crippen LogP contribution in [0.1, 0.15) is 0 Å².